The molecule has 1 aromatic rings. The highest BCUT2D eigenvalue weighted by molar-refractivity contribution is 5.80. The van der Waals surface area contributed by atoms with Gasteiger partial charge in [0.2, 0.25) is 11.9 Å². The molecular formula is C24H36FN5O2. The zero-order valence-electron chi connectivity index (χ0n) is 19.0. The van der Waals surface area contributed by atoms with E-state index in [1.165, 1.54) is 38.1 Å². The van der Waals surface area contributed by atoms with Crippen molar-refractivity contribution in [1.29, 1.82) is 0 Å². The maximum atomic E-state index is 13.2. The molecule has 1 aliphatic carbocycles. The highest BCUT2D eigenvalue weighted by Crippen LogP contribution is 2.46. The molecule has 2 N–H and O–H groups in total. The molecule has 5 rings (SSSR count). The standard InChI is InChI=1S/C24H36FN5O2/c1-32-21-14-29(24-27-12-17(25)13-28-24)9-8-20(21)16-10-18-4-2-3-5-19(11-16)30(18)22(23(26)31)15-6-7-15/h12-13,15-16,18-22H,2-11,14H2,1H3,(H2,26,31)/t16?,18-,19+,20-,21-,22-/m1/s1. The van der Waals surface area contributed by atoms with Crippen molar-refractivity contribution in [2.24, 2.45) is 23.5 Å². The van der Waals surface area contributed by atoms with Crippen molar-refractivity contribution in [3.63, 3.8) is 0 Å². The fourth-order valence-electron chi connectivity index (χ4n) is 6.84. The number of aromatic nitrogens is 2. The average molecular weight is 446 g/mol. The summed E-state index contributed by atoms with van der Waals surface area (Å²) in [5.74, 6) is 1.58. The predicted octanol–water partition coefficient (Wildman–Crippen LogP) is 2.74. The molecule has 4 aliphatic rings. The van der Waals surface area contributed by atoms with Crippen LogP contribution in [0.15, 0.2) is 12.4 Å². The topological polar surface area (TPSA) is 84.6 Å². The highest BCUT2D eigenvalue weighted by Gasteiger charge is 2.49. The van der Waals surface area contributed by atoms with Crippen LogP contribution in [0.3, 0.4) is 0 Å². The molecule has 0 spiro atoms. The van der Waals surface area contributed by atoms with Gasteiger partial charge in [0.15, 0.2) is 5.82 Å². The summed E-state index contributed by atoms with van der Waals surface area (Å²) in [6.07, 6.45) is 12.9. The molecule has 0 aromatic carbocycles. The summed E-state index contributed by atoms with van der Waals surface area (Å²) in [6, 6.07) is 0.838. The summed E-state index contributed by atoms with van der Waals surface area (Å²) >= 11 is 0. The van der Waals surface area contributed by atoms with Crippen LogP contribution in [0.1, 0.15) is 57.8 Å². The minimum Gasteiger partial charge on any atom is -0.379 e. The summed E-state index contributed by atoms with van der Waals surface area (Å²) in [5.41, 5.74) is 5.92. The average Bonchev–Trinajstić information content (AvgIpc) is 3.63. The van der Waals surface area contributed by atoms with Gasteiger partial charge in [-0.05, 0) is 62.7 Å². The van der Waals surface area contributed by atoms with Crippen LogP contribution in [0, 0.1) is 23.6 Å². The first-order valence-corrected chi connectivity index (χ1v) is 12.4. The quantitative estimate of drug-likeness (QED) is 0.725. The van der Waals surface area contributed by atoms with Crippen molar-refractivity contribution in [2.45, 2.75) is 82.0 Å². The van der Waals surface area contributed by atoms with Crippen LogP contribution >= 0.6 is 0 Å². The Morgan fingerprint density at radius 1 is 1.12 bits per heavy atom. The summed E-state index contributed by atoms with van der Waals surface area (Å²) in [7, 11) is 1.80. The largest absolute Gasteiger partial charge is 0.379 e. The summed E-state index contributed by atoms with van der Waals surface area (Å²) in [5, 5.41) is 0. The molecule has 2 bridgehead atoms. The molecule has 3 aliphatic heterocycles. The van der Waals surface area contributed by atoms with E-state index in [0.29, 0.717) is 35.8 Å². The lowest BCUT2D eigenvalue weighted by molar-refractivity contribution is -0.129. The number of fused-ring (bicyclic) bond motifs is 2. The number of nitrogens with two attached hydrogens (primary N) is 1. The summed E-state index contributed by atoms with van der Waals surface area (Å²) in [4.78, 5) is 25.4. The van der Waals surface area contributed by atoms with E-state index in [-0.39, 0.29) is 18.1 Å². The third kappa shape index (κ3) is 4.36. The third-order valence-corrected chi connectivity index (χ3v) is 8.41. The molecule has 6 atom stereocenters. The van der Waals surface area contributed by atoms with E-state index in [1.54, 1.807) is 7.11 Å². The molecule has 4 heterocycles. The second kappa shape index (κ2) is 9.21. The number of ether oxygens (including phenoxy) is 1. The zero-order valence-corrected chi connectivity index (χ0v) is 19.0. The van der Waals surface area contributed by atoms with Crippen LogP contribution < -0.4 is 10.6 Å². The van der Waals surface area contributed by atoms with Gasteiger partial charge in [0.25, 0.3) is 0 Å². The maximum absolute atomic E-state index is 13.2. The number of piperidine rings is 2. The Morgan fingerprint density at radius 2 is 1.78 bits per heavy atom. The lowest BCUT2D eigenvalue weighted by atomic mass is 9.72. The number of anilines is 1. The van der Waals surface area contributed by atoms with Gasteiger partial charge in [-0.1, -0.05) is 12.8 Å². The van der Waals surface area contributed by atoms with Crippen molar-refractivity contribution in [1.82, 2.24) is 14.9 Å². The molecule has 1 saturated carbocycles. The summed E-state index contributed by atoms with van der Waals surface area (Å²) < 4.78 is 19.2. The van der Waals surface area contributed by atoms with Gasteiger partial charge in [-0.2, -0.15) is 0 Å². The molecule has 1 amide bonds. The number of primary amides is 1. The highest BCUT2D eigenvalue weighted by atomic mass is 19.1. The van der Waals surface area contributed by atoms with Crippen LogP contribution in [0.25, 0.3) is 0 Å². The van der Waals surface area contributed by atoms with Crippen LogP contribution in [0.2, 0.25) is 0 Å². The molecule has 1 unspecified atom stereocenters. The number of methoxy groups -OCH3 is 1. The van der Waals surface area contributed by atoms with Crippen molar-refractivity contribution >= 4 is 11.9 Å². The lowest BCUT2D eigenvalue weighted by Gasteiger charge is -2.51. The molecule has 1 aromatic heterocycles. The smallest absolute Gasteiger partial charge is 0.235 e. The van der Waals surface area contributed by atoms with Gasteiger partial charge in [-0.3, -0.25) is 9.69 Å². The summed E-state index contributed by atoms with van der Waals surface area (Å²) in [6.45, 7) is 1.59. The van der Waals surface area contributed by atoms with Gasteiger partial charge < -0.3 is 15.4 Å². The van der Waals surface area contributed by atoms with Crippen molar-refractivity contribution in [3.8, 4) is 0 Å². The lowest BCUT2D eigenvalue weighted by Crippen LogP contribution is -2.60. The monoisotopic (exact) mass is 445 g/mol. The maximum Gasteiger partial charge on any atom is 0.235 e. The third-order valence-electron chi connectivity index (χ3n) is 8.41. The second-order valence-electron chi connectivity index (χ2n) is 10.3. The van der Waals surface area contributed by atoms with Gasteiger partial charge in [-0.25, -0.2) is 14.4 Å². The van der Waals surface area contributed by atoms with Gasteiger partial charge in [-0.15, -0.1) is 0 Å². The number of amides is 1. The Morgan fingerprint density at radius 3 is 2.34 bits per heavy atom. The fourth-order valence-corrected chi connectivity index (χ4v) is 6.84. The van der Waals surface area contributed by atoms with Crippen LogP contribution in [-0.2, 0) is 9.53 Å². The number of halogens is 1. The molecule has 3 saturated heterocycles. The number of rotatable bonds is 6. The molecule has 4 fully saturated rings. The van der Waals surface area contributed by atoms with E-state index in [9.17, 15) is 9.18 Å². The Hall–Kier alpha value is -1.80. The van der Waals surface area contributed by atoms with E-state index < -0.39 is 5.82 Å². The molecule has 7 nitrogen and oxygen atoms in total. The number of nitrogens with zero attached hydrogens (tertiary/aromatic N) is 4. The number of hydrogen-bond acceptors (Lipinski definition) is 6. The normalized spacial score (nSPS) is 34.7. The van der Waals surface area contributed by atoms with Crippen LogP contribution in [0.5, 0.6) is 0 Å². The van der Waals surface area contributed by atoms with Crippen LogP contribution in [-0.4, -0.2) is 65.2 Å². The minimum absolute atomic E-state index is 0.0697. The van der Waals surface area contributed by atoms with Gasteiger partial charge in [0, 0.05) is 32.3 Å². The van der Waals surface area contributed by atoms with Gasteiger partial charge >= 0.3 is 0 Å². The second-order valence-corrected chi connectivity index (χ2v) is 10.3. The SMILES string of the molecule is CO[C@@H]1CN(c2ncc(F)cn2)CC[C@@H]1C1C[C@H]2CCCC[C@@H](C1)N2[C@@H](C(N)=O)C1CC1. The Labute approximate surface area is 189 Å². The zero-order chi connectivity index (χ0) is 22.2. The van der Waals surface area contributed by atoms with E-state index in [0.717, 1.165) is 45.2 Å². The number of hydrogen-bond donors (Lipinski definition) is 1. The first-order chi connectivity index (χ1) is 15.5. The first-order valence-electron chi connectivity index (χ1n) is 12.4. The number of carbonyl (C=O) groups excluding carboxylic acids is 1. The van der Waals surface area contributed by atoms with Crippen molar-refractivity contribution in [2.75, 3.05) is 25.1 Å². The Kier molecular flexibility index (Phi) is 6.34. The van der Waals surface area contributed by atoms with Gasteiger partial charge in [0.05, 0.1) is 24.5 Å². The van der Waals surface area contributed by atoms with Crippen molar-refractivity contribution in [3.05, 3.63) is 18.2 Å². The van der Waals surface area contributed by atoms with E-state index >= 15 is 0 Å². The Bertz CT molecular complexity index is 788. The molecular weight excluding hydrogens is 409 g/mol. The molecule has 176 valence electrons. The number of carbonyl (C=O) groups is 1. The van der Waals surface area contributed by atoms with E-state index in [1.807, 2.05) is 0 Å². The molecule has 0 radical (unpaired) electrons. The minimum atomic E-state index is -0.415. The fraction of sp³-hybridized carbons (Fsp3) is 0.792. The Balaban J connectivity index is 1.31. The molecule has 32 heavy (non-hydrogen) atoms. The predicted molar refractivity (Wildman–Crippen MR) is 119 cm³/mol. The van der Waals surface area contributed by atoms with Gasteiger partial charge in [0.1, 0.15) is 0 Å². The molecule has 8 heteroatoms. The van der Waals surface area contributed by atoms with Crippen molar-refractivity contribution < 1.29 is 13.9 Å². The van der Waals surface area contributed by atoms with E-state index in [4.69, 9.17) is 10.5 Å². The van der Waals surface area contributed by atoms with E-state index in [2.05, 4.69) is 19.8 Å². The first kappa shape index (κ1) is 22.0. The van der Waals surface area contributed by atoms with Crippen LogP contribution in [0.4, 0.5) is 10.3 Å².